The van der Waals surface area contributed by atoms with E-state index in [1.165, 1.54) is 0 Å². The van der Waals surface area contributed by atoms with Crippen molar-refractivity contribution in [2.24, 2.45) is 0 Å². The van der Waals surface area contributed by atoms with Crippen LogP contribution < -0.4 is 19.5 Å². The van der Waals surface area contributed by atoms with Crippen LogP contribution in [0.3, 0.4) is 0 Å². The van der Waals surface area contributed by atoms with E-state index < -0.39 is 6.04 Å². The number of likely N-dealkylation sites (tertiary alicyclic amines) is 1. The van der Waals surface area contributed by atoms with Gasteiger partial charge in [0, 0.05) is 11.4 Å². The predicted octanol–water partition coefficient (Wildman–Crippen LogP) is 3.18. The summed E-state index contributed by atoms with van der Waals surface area (Å²) in [5.41, 5.74) is 0.826. The maximum Gasteiger partial charge on any atom is 0.243 e. The van der Waals surface area contributed by atoms with Gasteiger partial charge in [0.15, 0.2) is 11.5 Å². The molecular formula is C22H28N2O5S. The normalized spacial score (nSPS) is 16.8. The van der Waals surface area contributed by atoms with Gasteiger partial charge in [-0.3, -0.25) is 9.59 Å². The van der Waals surface area contributed by atoms with Crippen molar-refractivity contribution in [1.82, 2.24) is 10.2 Å². The average molecular weight is 433 g/mol. The Balaban J connectivity index is 1.71. The second-order valence-corrected chi connectivity index (χ2v) is 8.22. The summed E-state index contributed by atoms with van der Waals surface area (Å²) in [5.74, 6) is 1.41. The van der Waals surface area contributed by atoms with E-state index in [2.05, 4.69) is 5.32 Å². The predicted molar refractivity (Wildman–Crippen MR) is 115 cm³/mol. The number of carbonyl (C=O) groups excluding carboxylic acids is 2. The zero-order valence-corrected chi connectivity index (χ0v) is 18.6. The lowest BCUT2D eigenvalue weighted by molar-refractivity contribution is -0.138. The Morgan fingerprint density at radius 1 is 1.20 bits per heavy atom. The number of methoxy groups -OCH3 is 3. The maximum absolute atomic E-state index is 13.0. The molecule has 0 saturated carbocycles. The van der Waals surface area contributed by atoms with Crippen LogP contribution in [0.1, 0.15) is 36.2 Å². The number of hydrogen-bond donors (Lipinski definition) is 1. The second-order valence-electron chi connectivity index (χ2n) is 7.19. The van der Waals surface area contributed by atoms with E-state index >= 15 is 0 Å². The first-order valence-corrected chi connectivity index (χ1v) is 10.8. The van der Waals surface area contributed by atoms with E-state index in [1.54, 1.807) is 37.6 Å². The Bertz CT molecular complexity index is 859. The quantitative estimate of drug-likeness (QED) is 0.693. The van der Waals surface area contributed by atoms with E-state index in [9.17, 15) is 9.59 Å². The van der Waals surface area contributed by atoms with Crippen LogP contribution in [0.4, 0.5) is 0 Å². The molecule has 2 heterocycles. The van der Waals surface area contributed by atoms with E-state index in [0.29, 0.717) is 36.6 Å². The van der Waals surface area contributed by atoms with Crippen molar-refractivity contribution in [3.63, 3.8) is 0 Å². The number of ether oxygens (including phenoxy) is 3. The largest absolute Gasteiger partial charge is 0.493 e. The number of amides is 2. The molecule has 162 valence electrons. The molecule has 1 aromatic carbocycles. The Morgan fingerprint density at radius 3 is 2.47 bits per heavy atom. The van der Waals surface area contributed by atoms with Gasteiger partial charge in [-0.1, -0.05) is 6.07 Å². The Kier molecular flexibility index (Phi) is 7.20. The molecule has 1 saturated heterocycles. The Morgan fingerprint density at radius 2 is 1.90 bits per heavy atom. The zero-order valence-electron chi connectivity index (χ0n) is 17.8. The van der Waals surface area contributed by atoms with Gasteiger partial charge < -0.3 is 24.4 Å². The zero-order chi connectivity index (χ0) is 21.7. The van der Waals surface area contributed by atoms with E-state index in [0.717, 1.165) is 16.9 Å². The number of carbonyl (C=O) groups is 2. The fourth-order valence-electron chi connectivity index (χ4n) is 3.75. The first kappa shape index (κ1) is 22.0. The highest BCUT2D eigenvalue weighted by Gasteiger charge is 2.34. The van der Waals surface area contributed by atoms with Gasteiger partial charge in [-0.15, -0.1) is 11.3 Å². The van der Waals surface area contributed by atoms with Crippen molar-refractivity contribution in [3.8, 4) is 17.2 Å². The molecular weight excluding hydrogens is 404 g/mol. The molecule has 0 aliphatic carbocycles. The topological polar surface area (TPSA) is 77.1 Å². The van der Waals surface area contributed by atoms with Gasteiger partial charge in [0.05, 0.1) is 33.8 Å². The number of hydrogen-bond acceptors (Lipinski definition) is 6. The highest BCUT2D eigenvalue weighted by atomic mass is 32.1. The first-order valence-electron chi connectivity index (χ1n) is 9.90. The molecule has 1 aromatic heterocycles. The molecule has 2 atom stereocenters. The summed E-state index contributed by atoms with van der Waals surface area (Å²) in [4.78, 5) is 28.4. The lowest BCUT2D eigenvalue weighted by Gasteiger charge is -2.26. The summed E-state index contributed by atoms with van der Waals surface area (Å²) < 4.78 is 16.2. The van der Waals surface area contributed by atoms with E-state index in [1.807, 2.05) is 36.6 Å². The van der Waals surface area contributed by atoms with Gasteiger partial charge in [0.2, 0.25) is 17.6 Å². The molecule has 2 aromatic rings. The SMILES string of the molecule is COc1cc(C(C)NC(=O)C2CCCN2C(=O)Cc2cccs2)cc(OC)c1OC. The summed E-state index contributed by atoms with van der Waals surface area (Å²) >= 11 is 1.56. The molecule has 0 spiro atoms. The van der Waals surface area contributed by atoms with Gasteiger partial charge in [-0.2, -0.15) is 0 Å². The molecule has 0 bridgehead atoms. The van der Waals surface area contributed by atoms with E-state index in [-0.39, 0.29) is 17.9 Å². The van der Waals surface area contributed by atoms with Crippen LogP contribution in [0.5, 0.6) is 17.2 Å². The number of thiophene rings is 1. The Hall–Kier alpha value is -2.74. The first-order chi connectivity index (χ1) is 14.5. The lowest BCUT2D eigenvalue weighted by Crippen LogP contribution is -2.47. The van der Waals surface area contributed by atoms with E-state index in [4.69, 9.17) is 14.2 Å². The summed E-state index contributed by atoms with van der Waals surface area (Å²) in [6, 6.07) is 6.78. The van der Waals surface area contributed by atoms with Gasteiger partial charge in [-0.25, -0.2) is 0 Å². The molecule has 1 fully saturated rings. The molecule has 2 unspecified atom stereocenters. The van der Waals surface area contributed by atoms with Gasteiger partial charge in [0.1, 0.15) is 6.04 Å². The van der Waals surface area contributed by atoms with Crippen LogP contribution in [-0.2, 0) is 16.0 Å². The summed E-state index contributed by atoms with van der Waals surface area (Å²) in [7, 11) is 4.66. The number of nitrogens with zero attached hydrogens (tertiary/aromatic N) is 1. The summed E-state index contributed by atoms with van der Waals surface area (Å²) in [5, 5.41) is 4.99. The highest BCUT2D eigenvalue weighted by Crippen LogP contribution is 2.39. The van der Waals surface area contributed by atoms with Crippen LogP contribution in [0.25, 0.3) is 0 Å². The maximum atomic E-state index is 13.0. The third kappa shape index (κ3) is 4.70. The standard InChI is InChI=1S/C22H28N2O5S/c1-14(15-11-18(27-2)21(29-4)19(12-15)28-3)23-22(26)17-8-5-9-24(17)20(25)13-16-7-6-10-30-16/h6-7,10-12,14,17H,5,8-9,13H2,1-4H3,(H,23,26). The van der Waals surface area contributed by atoms with Crippen LogP contribution in [0.2, 0.25) is 0 Å². The highest BCUT2D eigenvalue weighted by molar-refractivity contribution is 7.10. The van der Waals surface area contributed by atoms with Gasteiger partial charge in [0.25, 0.3) is 0 Å². The van der Waals surface area contributed by atoms with Crippen molar-refractivity contribution in [2.45, 2.75) is 38.3 Å². The van der Waals surface area contributed by atoms with Crippen LogP contribution >= 0.6 is 11.3 Å². The van der Waals surface area contributed by atoms with Crippen LogP contribution in [-0.4, -0.2) is 50.6 Å². The molecule has 30 heavy (non-hydrogen) atoms. The molecule has 1 aliphatic heterocycles. The molecule has 8 heteroatoms. The smallest absolute Gasteiger partial charge is 0.243 e. The fourth-order valence-corrected chi connectivity index (χ4v) is 4.44. The molecule has 2 amide bonds. The molecule has 7 nitrogen and oxygen atoms in total. The van der Waals surface area contributed by atoms with Crippen molar-refractivity contribution in [2.75, 3.05) is 27.9 Å². The van der Waals surface area contributed by atoms with Crippen molar-refractivity contribution in [3.05, 3.63) is 40.1 Å². The third-order valence-corrected chi connectivity index (χ3v) is 6.20. The summed E-state index contributed by atoms with van der Waals surface area (Å²) in [6.45, 7) is 2.51. The minimum atomic E-state index is -0.443. The number of rotatable bonds is 8. The average Bonchev–Trinajstić information content (AvgIpc) is 3.44. The number of benzene rings is 1. The number of nitrogens with one attached hydrogen (secondary N) is 1. The minimum absolute atomic E-state index is 0.00413. The molecule has 1 N–H and O–H groups in total. The van der Waals surface area contributed by atoms with Gasteiger partial charge >= 0.3 is 0 Å². The molecule has 3 rings (SSSR count). The molecule has 0 radical (unpaired) electrons. The summed E-state index contributed by atoms with van der Waals surface area (Å²) in [6.07, 6.45) is 1.83. The van der Waals surface area contributed by atoms with Gasteiger partial charge in [-0.05, 0) is 48.9 Å². The minimum Gasteiger partial charge on any atom is -0.493 e. The van der Waals surface area contributed by atoms with Crippen molar-refractivity contribution in [1.29, 1.82) is 0 Å². The van der Waals surface area contributed by atoms with Crippen LogP contribution in [0, 0.1) is 0 Å². The van der Waals surface area contributed by atoms with Crippen molar-refractivity contribution >= 4 is 23.2 Å². The lowest BCUT2D eigenvalue weighted by atomic mass is 10.1. The molecule has 1 aliphatic rings. The fraction of sp³-hybridized carbons (Fsp3) is 0.455. The monoisotopic (exact) mass is 432 g/mol. The third-order valence-electron chi connectivity index (χ3n) is 5.33. The van der Waals surface area contributed by atoms with Crippen molar-refractivity contribution < 1.29 is 23.8 Å². The Labute approximate surface area is 180 Å². The second kappa shape index (κ2) is 9.84. The van der Waals surface area contributed by atoms with Crippen LogP contribution in [0.15, 0.2) is 29.6 Å².